The minimum absolute atomic E-state index is 0.0764. The number of nitrogens with one attached hydrogen (secondary N) is 1. The molecule has 152 valence electrons. The molecule has 0 spiro atoms. The zero-order valence-electron chi connectivity index (χ0n) is 16.4. The number of aromatic nitrogens is 1. The fraction of sp³-hybridized carbons (Fsp3) is 0.333. The van der Waals surface area contributed by atoms with E-state index in [2.05, 4.69) is 10.5 Å². The monoisotopic (exact) mass is 414 g/mol. The van der Waals surface area contributed by atoms with Crippen LogP contribution in [0.3, 0.4) is 0 Å². The van der Waals surface area contributed by atoms with Crippen LogP contribution in [0.4, 0.5) is 0 Å². The van der Waals surface area contributed by atoms with Crippen molar-refractivity contribution in [1.29, 1.82) is 0 Å². The molecule has 29 heavy (non-hydrogen) atoms. The summed E-state index contributed by atoms with van der Waals surface area (Å²) in [7, 11) is -1.76. The van der Waals surface area contributed by atoms with Crippen molar-refractivity contribution in [3.8, 4) is 11.1 Å². The molecule has 7 nitrogen and oxygen atoms in total. The highest BCUT2D eigenvalue weighted by Gasteiger charge is 2.38. The maximum atomic E-state index is 12.8. The van der Waals surface area contributed by atoms with Crippen molar-refractivity contribution in [3.05, 3.63) is 53.4 Å². The average molecular weight is 414 g/mol. The van der Waals surface area contributed by atoms with Crippen LogP contribution in [0.25, 0.3) is 21.9 Å². The van der Waals surface area contributed by atoms with Gasteiger partial charge in [-0.1, -0.05) is 29.4 Å². The molecule has 3 aromatic rings. The minimum Gasteiger partial charge on any atom is -0.378 e. The number of carbonyl (C=O) groups is 1. The summed E-state index contributed by atoms with van der Waals surface area (Å²) >= 11 is 0. The molecule has 4 rings (SSSR count). The summed E-state index contributed by atoms with van der Waals surface area (Å²) in [5, 5.41) is 8.72. The molecule has 1 fully saturated rings. The number of hydrogen-bond acceptors (Lipinski definition) is 6. The molecule has 2 atom stereocenters. The summed E-state index contributed by atoms with van der Waals surface area (Å²) in [5.41, 5.74) is 3.22. The standard InChI is InChI=1S/C21H22N2O5S/c1-12-20(13(2)28-23-12)17-6-4-5-14-9-15(7-8-16(14)17)21(24)22-18-10-29(25,26)11-19(18)27-3/h4-9,18-19H,10-11H2,1-3H3,(H,22,24)/t18-,19-/m1/s1. The first-order valence-electron chi connectivity index (χ1n) is 9.29. The Kier molecular flexibility index (Phi) is 4.92. The summed E-state index contributed by atoms with van der Waals surface area (Å²) in [4.78, 5) is 12.8. The zero-order chi connectivity index (χ0) is 20.8. The van der Waals surface area contributed by atoms with E-state index in [1.54, 1.807) is 12.1 Å². The molecule has 1 aliphatic rings. The van der Waals surface area contributed by atoms with E-state index in [1.165, 1.54) is 7.11 Å². The van der Waals surface area contributed by atoms with Crippen LogP contribution in [-0.2, 0) is 14.6 Å². The summed E-state index contributed by atoms with van der Waals surface area (Å²) in [6.45, 7) is 3.77. The number of ether oxygens (including phenoxy) is 1. The van der Waals surface area contributed by atoms with Gasteiger partial charge < -0.3 is 14.6 Å². The third kappa shape index (κ3) is 3.65. The smallest absolute Gasteiger partial charge is 0.251 e. The minimum atomic E-state index is -3.21. The molecule has 2 aromatic carbocycles. The van der Waals surface area contributed by atoms with Gasteiger partial charge in [-0.05, 0) is 42.3 Å². The van der Waals surface area contributed by atoms with Gasteiger partial charge in [0.05, 0.1) is 29.3 Å². The quantitative estimate of drug-likeness (QED) is 0.705. The number of aryl methyl sites for hydroxylation is 2. The van der Waals surface area contributed by atoms with Gasteiger partial charge in [-0.15, -0.1) is 0 Å². The second-order valence-corrected chi connectivity index (χ2v) is 9.53. The molecule has 0 bridgehead atoms. The van der Waals surface area contributed by atoms with Gasteiger partial charge in [0.15, 0.2) is 9.84 Å². The zero-order valence-corrected chi connectivity index (χ0v) is 17.2. The van der Waals surface area contributed by atoms with E-state index in [0.29, 0.717) is 5.56 Å². The highest BCUT2D eigenvalue weighted by atomic mass is 32.2. The lowest BCUT2D eigenvalue weighted by molar-refractivity contribution is 0.0786. The van der Waals surface area contributed by atoms with Gasteiger partial charge >= 0.3 is 0 Å². The molecule has 8 heteroatoms. The summed E-state index contributed by atoms with van der Waals surface area (Å²) < 4.78 is 34.3. The second-order valence-electron chi connectivity index (χ2n) is 7.37. The molecule has 1 N–H and O–H groups in total. The molecule has 1 aromatic heterocycles. The highest BCUT2D eigenvalue weighted by molar-refractivity contribution is 7.91. The first kappa shape index (κ1) is 19.6. The van der Waals surface area contributed by atoms with E-state index < -0.39 is 22.0 Å². The number of carbonyl (C=O) groups excluding carboxylic acids is 1. The van der Waals surface area contributed by atoms with Crippen molar-refractivity contribution in [2.24, 2.45) is 0 Å². The number of sulfone groups is 1. The van der Waals surface area contributed by atoms with Crippen molar-refractivity contribution in [2.45, 2.75) is 26.0 Å². The highest BCUT2D eigenvalue weighted by Crippen LogP contribution is 2.33. The Morgan fingerprint density at radius 1 is 1.21 bits per heavy atom. The van der Waals surface area contributed by atoms with Gasteiger partial charge in [-0.25, -0.2) is 8.42 Å². The Hall–Kier alpha value is -2.71. The Labute approximate surface area is 168 Å². The van der Waals surface area contributed by atoms with E-state index in [-0.39, 0.29) is 17.4 Å². The second kappa shape index (κ2) is 7.27. The van der Waals surface area contributed by atoms with Gasteiger partial charge in [0.2, 0.25) is 0 Å². The lowest BCUT2D eigenvalue weighted by atomic mass is 9.96. The predicted octanol–water partition coefficient (Wildman–Crippen LogP) is 2.65. The molecule has 1 saturated heterocycles. The van der Waals surface area contributed by atoms with Crippen molar-refractivity contribution < 1.29 is 22.5 Å². The van der Waals surface area contributed by atoms with E-state index >= 15 is 0 Å². The number of hydrogen-bond donors (Lipinski definition) is 1. The van der Waals surface area contributed by atoms with E-state index in [0.717, 1.165) is 33.4 Å². The number of amides is 1. The lowest BCUT2D eigenvalue weighted by Gasteiger charge is -2.18. The van der Waals surface area contributed by atoms with Crippen LogP contribution in [0.2, 0.25) is 0 Å². The van der Waals surface area contributed by atoms with Gasteiger partial charge in [0, 0.05) is 18.2 Å². The van der Waals surface area contributed by atoms with Crippen LogP contribution in [0.1, 0.15) is 21.8 Å². The lowest BCUT2D eigenvalue weighted by Crippen LogP contribution is -2.43. The Balaban J connectivity index is 1.66. The molecule has 0 radical (unpaired) electrons. The van der Waals surface area contributed by atoms with Crippen molar-refractivity contribution in [1.82, 2.24) is 10.5 Å². The van der Waals surface area contributed by atoms with Crippen LogP contribution in [0.15, 0.2) is 40.9 Å². The van der Waals surface area contributed by atoms with Gasteiger partial charge in [-0.2, -0.15) is 0 Å². The Morgan fingerprint density at radius 2 is 2.00 bits per heavy atom. The Morgan fingerprint density at radius 3 is 2.69 bits per heavy atom. The molecule has 1 aliphatic heterocycles. The molecule has 0 aliphatic carbocycles. The predicted molar refractivity (Wildman–Crippen MR) is 110 cm³/mol. The van der Waals surface area contributed by atoms with Gasteiger partial charge in [0.25, 0.3) is 5.91 Å². The van der Waals surface area contributed by atoms with E-state index in [4.69, 9.17) is 9.26 Å². The molecular formula is C21H22N2O5S. The topological polar surface area (TPSA) is 98.5 Å². The van der Waals surface area contributed by atoms with Crippen molar-refractivity contribution in [2.75, 3.05) is 18.6 Å². The van der Waals surface area contributed by atoms with E-state index in [1.807, 2.05) is 38.1 Å². The third-order valence-corrected chi connectivity index (χ3v) is 7.07. The number of methoxy groups -OCH3 is 1. The van der Waals surface area contributed by atoms with Crippen LogP contribution in [0, 0.1) is 13.8 Å². The molecule has 0 saturated carbocycles. The first-order chi connectivity index (χ1) is 13.8. The van der Waals surface area contributed by atoms with E-state index in [9.17, 15) is 13.2 Å². The first-order valence-corrected chi connectivity index (χ1v) is 11.1. The fourth-order valence-corrected chi connectivity index (χ4v) is 5.79. The van der Waals surface area contributed by atoms with Gasteiger partial charge in [-0.3, -0.25) is 4.79 Å². The van der Waals surface area contributed by atoms with Crippen LogP contribution < -0.4 is 5.32 Å². The number of rotatable bonds is 4. The Bertz CT molecular complexity index is 1180. The normalized spacial score (nSPS) is 20.8. The van der Waals surface area contributed by atoms with Gasteiger partial charge in [0.1, 0.15) is 5.76 Å². The molecule has 2 heterocycles. The average Bonchev–Trinajstić information content (AvgIpc) is 3.17. The molecule has 1 amide bonds. The van der Waals surface area contributed by atoms with Crippen LogP contribution in [0.5, 0.6) is 0 Å². The van der Waals surface area contributed by atoms with Crippen LogP contribution in [-0.4, -0.2) is 50.2 Å². The number of fused-ring (bicyclic) bond motifs is 1. The van der Waals surface area contributed by atoms with Crippen LogP contribution >= 0.6 is 0 Å². The largest absolute Gasteiger partial charge is 0.378 e. The summed E-state index contributed by atoms with van der Waals surface area (Å²) in [5.74, 6) is 0.234. The van der Waals surface area contributed by atoms with Crippen molar-refractivity contribution >= 4 is 26.5 Å². The maximum absolute atomic E-state index is 12.8. The third-order valence-electron chi connectivity index (χ3n) is 5.37. The SMILES string of the molecule is CO[C@@H]1CS(=O)(=O)C[C@H]1NC(=O)c1ccc2c(-c3c(C)noc3C)cccc2c1. The fourth-order valence-electron chi connectivity index (χ4n) is 3.94. The summed E-state index contributed by atoms with van der Waals surface area (Å²) in [6.07, 6.45) is -0.532. The molecule has 0 unspecified atom stereocenters. The summed E-state index contributed by atoms with van der Waals surface area (Å²) in [6, 6.07) is 10.7. The number of benzene rings is 2. The van der Waals surface area contributed by atoms with Crippen molar-refractivity contribution in [3.63, 3.8) is 0 Å². The maximum Gasteiger partial charge on any atom is 0.251 e. The number of nitrogens with zero attached hydrogens (tertiary/aromatic N) is 1. The molecular weight excluding hydrogens is 392 g/mol.